The highest BCUT2D eigenvalue weighted by Crippen LogP contribution is 2.11. The van der Waals surface area contributed by atoms with Crippen molar-refractivity contribution in [2.24, 2.45) is 11.8 Å². The topological polar surface area (TPSA) is 110 Å². The number of hydrogen-bond donors (Lipinski definition) is 0. The SMILES string of the molecule is CC(CCN1C(=O)C=CC1=O)COC(=O)OCC(C)CCN1C(=O)C=CC1=O. The van der Waals surface area contributed by atoms with Crippen molar-refractivity contribution in [1.29, 1.82) is 0 Å². The molecule has 9 heteroatoms. The second-order valence-corrected chi connectivity index (χ2v) is 6.98. The lowest BCUT2D eigenvalue weighted by Gasteiger charge is -2.18. The van der Waals surface area contributed by atoms with E-state index >= 15 is 0 Å². The zero-order valence-electron chi connectivity index (χ0n) is 16.0. The molecule has 152 valence electrons. The summed E-state index contributed by atoms with van der Waals surface area (Å²) in [5.74, 6) is -1.43. The number of imide groups is 2. The Morgan fingerprint density at radius 2 is 1.07 bits per heavy atom. The van der Waals surface area contributed by atoms with Crippen LogP contribution in [0.2, 0.25) is 0 Å². The van der Waals surface area contributed by atoms with Gasteiger partial charge in [-0.2, -0.15) is 0 Å². The third kappa shape index (κ3) is 6.04. The molecule has 0 aliphatic carbocycles. The predicted molar refractivity (Wildman–Crippen MR) is 96.6 cm³/mol. The van der Waals surface area contributed by atoms with Crippen LogP contribution in [0.15, 0.2) is 24.3 Å². The molecule has 0 aromatic heterocycles. The van der Waals surface area contributed by atoms with Gasteiger partial charge in [0.2, 0.25) is 0 Å². The highest BCUT2D eigenvalue weighted by atomic mass is 16.7. The van der Waals surface area contributed by atoms with Crippen LogP contribution in [0.3, 0.4) is 0 Å². The number of amides is 4. The first-order valence-corrected chi connectivity index (χ1v) is 9.14. The molecule has 2 aliphatic rings. The van der Waals surface area contributed by atoms with Crippen LogP contribution in [0, 0.1) is 11.8 Å². The van der Waals surface area contributed by atoms with Crippen LogP contribution in [0.25, 0.3) is 0 Å². The number of ether oxygens (including phenoxy) is 2. The van der Waals surface area contributed by atoms with Gasteiger partial charge in [-0.15, -0.1) is 0 Å². The first-order valence-electron chi connectivity index (χ1n) is 9.14. The van der Waals surface area contributed by atoms with Crippen molar-refractivity contribution in [2.45, 2.75) is 26.7 Å². The van der Waals surface area contributed by atoms with E-state index in [1.54, 1.807) is 0 Å². The Hall–Kier alpha value is -2.97. The van der Waals surface area contributed by atoms with Gasteiger partial charge in [-0.05, 0) is 24.7 Å². The van der Waals surface area contributed by atoms with E-state index in [9.17, 15) is 24.0 Å². The minimum Gasteiger partial charge on any atom is -0.434 e. The summed E-state index contributed by atoms with van der Waals surface area (Å²) in [6.07, 6.45) is 5.14. The van der Waals surface area contributed by atoms with Crippen molar-refractivity contribution in [2.75, 3.05) is 26.3 Å². The summed E-state index contributed by atoms with van der Waals surface area (Å²) in [6, 6.07) is 0. The van der Waals surface area contributed by atoms with E-state index in [-0.39, 0.29) is 61.8 Å². The van der Waals surface area contributed by atoms with Gasteiger partial charge in [-0.25, -0.2) is 4.79 Å². The number of hydrogen-bond acceptors (Lipinski definition) is 7. The number of carbonyl (C=O) groups excluding carboxylic acids is 5. The normalized spacial score (nSPS) is 18.2. The van der Waals surface area contributed by atoms with E-state index in [4.69, 9.17) is 9.47 Å². The molecule has 4 amide bonds. The molecule has 0 aromatic rings. The van der Waals surface area contributed by atoms with E-state index in [0.717, 1.165) is 9.80 Å². The van der Waals surface area contributed by atoms with E-state index in [1.165, 1.54) is 24.3 Å². The van der Waals surface area contributed by atoms with Crippen LogP contribution in [0.1, 0.15) is 26.7 Å². The average Bonchev–Trinajstić information content (AvgIpc) is 3.15. The Labute approximate surface area is 162 Å². The molecule has 9 nitrogen and oxygen atoms in total. The van der Waals surface area contributed by atoms with Crippen LogP contribution < -0.4 is 0 Å². The lowest BCUT2D eigenvalue weighted by atomic mass is 10.1. The quantitative estimate of drug-likeness (QED) is 0.403. The maximum atomic E-state index is 11.7. The molecule has 0 N–H and O–H groups in total. The van der Waals surface area contributed by atoms with Crippen molar-refractivity contribution in [3.8, 4) is 0 Å². The van der Waals surface area contributed by atoms with Crippen molar-refractivity contribution in [3.63, 3.8) is 0 Å². The van der Waals surface area contributed by atoms with Crippen LogP contribution in [0.4, 0.5) is 4.79 Å². The third-order valence-electron chi connectivity index (χ3n) is 4.46. The third-order valence-corrected chi connectivity index (χ3v) is 4.46. The summed E-state index contributed by atoms with van der Waals surface area (Å²) in [6.45, 7) is 4.44. The van der Waals surface area contributed by atoms with Gasteiger partial charge in [0.05, 0.1) is 13.2 Å². The molecule has 28 heavy (non-hydrogen) atoms. The molecule has 2 aliphatic heterocycles. The second-order valence-electron chi connectivity index (χ2n) is 6.98. The molecule has 0 fully saturated rings. The Morgan fingerprint density at radius 3 is 1.39 bits per heavy atom. The predicted octanol–water partition coefficient (Wildman–Crippen LogP) is 1.04. The smallest absolute Gasteiger partial charge is 0.434 e. The van der Waals surface area contributed by atoms with Crippen molar-refractivity contribution in [1.82, 2.24) is 9.80 Å². The molecule has 2 atom stereocenters. The molecule has 0 saturated heterocycles. The molecule has 0 aromatic carbocycles. The fourth-order valence-corrected chi connectivity index (χ4v) is 2.63. The standard InChI is InChI=1S/C19H24N2O7/c1-13(7-9-20-15(22)3-4-16(20)23)11-27-19(26)28-12-14(2)8-10-21-17(24)5-6-18(21)25/h3-6,13-14H,7-12H2,1-2H3. The Kier molecular flexibility index (Phi) is 7.48. The Bertz CT molecular complexity index is 619. The summed E-state index contributed by atoms with van der Waals surface area (Å²) in [5.41, 5.74) is 0. The monoisotopic (exact) mass is 392 g/mol. The van der Waals surface area contributed by atoms with Crippen LogP contribution >= 0.6 is 0 Å². The van der Waals surface area contributed by atoms with Gasteiger partial charge in [-0.1, -0.05) is 13.8 Å². The fourth-order valence-electron chi connectivity index (χ4n) is 2.63. The highest BCUT2D eigenvalue weighted by Gasteiger charge is 2.24. The lowest BCUT2D eigenvalue weighted by Crippen LogP contribution is -2.32. The summed E-state index contributed by atoms with van der Waals surface area (Å²) < 4.78 is 10.1. The number of nitrogens with zero attached hydrogens (tertiary/aromatic N) is 2. The minimum atomic E-state index is -0.802. The summed E-state index contributed by atoms with van der Waals surface area (Å²) >= 11 is 0. The molecule has 2 rings (SSSR count). The Morgan fingerprint density at radius 1 is 0.750 bits per heavy atom. The molecule has 0 saturated carbocycles. The lowest BCUT2D eigenvalue weighted by molar-refractivity contribution is -0.138. The van der Waals surface area contributed by atoms with Gasteiger partial charge in [0.25, 0.3) is 23.6 Å². The van der Waals surface area contributed by atoms with E-state index in [1.807, 2.05) is 13.8 Å². The number of carbonyl (C=O) groups is 5. The molecule has 2 heterocycles. The first kappa shape index (κ1) is 21.3. The van der Waals surface area contributed by atoms with Crippen molar-refractivity contribution < 1.29 is 33.4 Å². The van der Waals surface area contributed by atoms with Crippen LogP contribution in [-0.2, 0) is 28.7 Å². The van der Waals surface area contributed by atoms with Gasteiger partial charge in [-0.3, -0.25) is 29.0 Å². The molecule has 0 radical (unpaired) electrons. The highest BCUT2D eigenvalue weighted by molar-refractivity contribution is 6.13. The zero-order valence-corrected chi connectivity index (χ0v) is 16.0. The van der Waals surface area contributed by atoms with Gasteiger partial charge >= 0.3 is 6.16 Å². The van der Waals surface area contributed by atoms with E-state index < -0.39 is 6.16 Å². The fraction of sp³-hybridized carbons (Fsp3) is 0.526. The van der Waals surface area contributed by atoms with Crippen LogP contribution in [-0.4, -0.2) is 65.9 Å². The van der Waals surface area contributed by atoms with Gasteiger partial charge in [0, 0.05) is 37.4 Å². The van der Waals surface area contributed by atoms with E-state index in [0.29, 0.717) is 12.8 Å². The van der Waals surface area contributed by atoms with Crippen LogP contribution in [0.5, 0.6) is 0 Å². The molecule has 0 bridgehead atoms. The van der Waals surface area contributed by atoms with Crippen molar-refractivity contribution in [3.05, 3.63) is 24.3 Å². The summed E-state index contributed by atoms with van der Waals surface area (Å²) in [4.78, 5) is 59.8. The van der Waals surface area contributed by atoms with Gasteiger partial charge in [0.1, 0.15) is 0 Å². The van der Waals surface area contributed by atoms with Gasteiger partial charge < -0.3 is 9.47 Å². The van der Waals surface area contributed by atoms with E-state index in [2.05, 4.69) is 0 Å². The minimum absolute atomic E-state index is 0.0501. The Balaban J connectivity index is 1.56. The molecule has 0 spiro atoms. The van der Waals surface area contributed by atoms with Gasteiger partial charge in [0.15, 0.2) is 0 Å². The number of rotatable bonds is 10. The average molecular weight is 392 g/mol. The summed E-state index contributed by atoms with van der Waals surface area (Å²) in [5, 5.41) is 0. The largest absolute Gasteiger partial charge is 0.508 e. The first-order chi connectivity index (χ1) is 13.3. The summed E-state index contributed by atoms with van der Waals surface area (Å²) in [7, 11) is 0. The second kappa shape index (κ2) is 9.82. The maximum absolute atomic E-state index is 11.7. The molecule has 2 unspecified atom stereocenters. The zero-order chi connectivity index (χ0) is 20.7. The molecular formula is C19H24N2O7. The maximum Gasteiger partial charge on any atom is 0.508 e. The van der Waals surface area contributed by atoms with Crippen molar-refractivity contribution >= 4 is 29.8 Å². The molecular weight excluding hydrogens is 368 g/mol.